The molecule has 0 saturated heterocycles. The maximum Gasteiger partial charge on any atom is 0.249 e. The third-order valence-electron chi connectivity index (χ3n) is 21.7. The molecule has 8 heteroatoms. The highest BCUT2D eigenvalue weighted by Gasteiger charge is 2.44. The summed E-state index contributed by atoms with van der Waals surface area (Å²) in [6, 6.07) is 81.2. The number of hydrogen-bond donors (Lipinski definition) is 0. The first-order valence-corrected chi connectivity index (χ1v) is 35.7. The number of fused-ring (bicyclic) bond motifs is 9. The van der Waals surface area contributed by atoms with E-state index in [-0.39, 0.29) is 33.8 Å². The lowest BCUT2D eigenvalue weighted by Crippen LogP contribution is -2.60. The predicted molar refractivity (Wildman–Crippen MR) is 434 cm³/mol. The van der Waals surface area contributed by atoms with Crippen molar-refractivity contribution in [2.75, 3.05) is 4.90 Å². The molecule has 3 heterocycles. The van der Waals surface area contributed by atoms with E-state index in [1.54, 1.807) is 0 Å². The van der Waals surface area contributed by atoms with Crippen LogP contribution in [0.2, 0.25) is 0 Å². The first-order valence-electron chi connectivity index (χ1n) is 34.8. The fourth-order valence-electron chi connectivity index (χ4n) is 15.6. The number of rotatable bonds is 6. The molecule has 96 heavy (non-hydrogen) atoms. The van der Waals surface area contributed by atoms with Crippen LogP contribution in [0, 0.1) is 0 Å². The molecule has 0 aliphatic carbocycles. The first-order chi connectivity index (χ1) is 45.4. The van der Waals surface area contributed by atoms with Gasteiger partial charge in [0.2, 0.25) is 6.71 Å². The maximum atomic E-state index is 2.75. The van der Waals surface area contributed by atoms with Crippen LogP contribution in [-0.4, -0.2) is 42.7 Å². The lowest BCUT2D eigenvalue weighted by Gasteiger charge is -2.42. The molecule has 15 rings (SSSR count). The molecule has 13 aromatic rings. The lowest BCUT2D eigenvalue weighted by molar-refractivity contribution is 0.568. The standard InChI is InChI=1S/C88H87B5N2S/c1-84(2,3)56-35-37-71-68(47-56)76-77(89)78(90)79(91)80(92)83(76)94(71)61-48-73-81-75(49-61)96-74-38-34-53(55-41-59(87(10,11)12)46-60(42-55)88(13,14)15)44-70(74)93(81)69-43-52(54-39-57(85(4,5)6)45-58(40-54)86(7,8)9)33-36-72(69)95(73)82-66(64-29-20-25-50-23-16-18-27-62(50)64)31-22-32-67(82)65-30-21-26-51-24-17-19-28-63(51)65/h16-49H,89-92H2,1-15H3. The number of benzene rings is 12. The van der Waals surface area contributed by atoms with E-state index in [1.807, 2.05) is 11.8 Å². The highest BCUT2D eigenvalue weighted by atomic mass is 32.2. The van der Waals surface area contributed by atoms with Gasteiger partial charge in [-0.2, -0.15) is 0 Å². The van der Waals surface area contributed by atoms with E-state index < -0.39 is 0 Å². The van der Waals surface area contributed by atoms with Crippen molar-refractivity contribution in [1.29, 1.82) is 0 Å². The molecule has 0 unspecified atom stereocenters. The van der Waals surface area contributed by atoms with Crippen LogP contribution in [0.3, 0.4) is 0 Å². The van der Waals surface area contributed by atoms with Gasteiger partial charge in [-0.15, -0.1) is 5.46 Å². The van der Waals surface area contributed by atoms with E-state index in [9.17, 15) is 0 Å². The molecule has 470 valence electrons. The number of anilines is 3. The third-order valence-corrected chi connectivity index (χ3v) is 22.8. The van der Waals surface area contributed by atoms with E-state index in [0.29, 0.717) is 0 Å². The summed E-state index contributed by atoms with van der Waals surface area (Å²) in [5.41, 5.74) is 32.8. The Labute approximate surface area is 579 Å². The molecule has 1 aromatic heterocycles. The topological polar surface area (TPSA) is 8.17 Å². The highest BCUT2D eigenvalue weighted by Crippen LogP contribution is 2.53. The summed E-state index contributed by atoms with van der Waals surface area (Å²) in [7, 11) is 9.39. The summed E-state index contributed by atoms with van der Waals surface area (Å²) in [6.45, 7) is 35.2. The van der Waals surface area contributed by atoms with Crippen LogP contribution in [0.15, 0.2) is 216 Å². The zero-order chi connectivity index (χ0) is 67.6. The number of nitrogens with zero attached hydrogens (tertiary/aromatic N) is 2. The minimum atomic E-state index is -0.140. The minimum absolute atomic E-state index is 0.0399. The number of para-hydroxylation sites is 1. The summed E-state index contributed by atoms with van der Waals surface area (Å²) < 4.78 is 2.65. The largest absolute Gasteiger partial charge is 0.310 e. The Morgan fingerprint density at radius 1 is 0.344 bits per heavy atom. The second kappa shape index (κ2) is 22.5. The molecule has 2 aliphatic rings. The minimum Gasteiger partial charge on any atom is -0.310 e. The molecule has 0 fully saturated rings. The van der Waals surface area contributed by atoms with Crippen molar-refractivity contribution in [3.05, 3.63) is 234 Å². The maximum absolute atomic E-state index is 2.75. The Balaban J connectivity index is 1.12. The van der Waals surface area contributed by atoms with Gasteiger partial charge < -0.3 is 9.47 Å². The van der Waals surface area contributed by atoms with Gasteiger partial charge in [-0.25, -0.2) is 0 Å². The summed E-state index contributed by atoms with van der Waals surface area (Å²) >= 11 is 1.96. The lowest BCUT2D eigenvalue weighted by atomic mass is 9.34. The van der Waals surface area contributed by atoms with Crippen molar-refractivity contribution < 1.29 is 0 Å². The van der Waals surface area contributed by atoms with Crippen molar-refractivity contribution in [1.82, 2.24) is 4.57 Å². The molecule has 0 bridgehead atoms. The SMILES string of the molecule is Bc1c(B)c(B)c2c(c1B)c1cc(C(C)(C)C)ccc1n2-c1cc2c3c(c1)N(c1c(-c4cccc5ccccc45)cccc1-c1cccc4ccccc14)c1ccc(-c4cc(C(C)(C)C)cc(C(C)(C)C)c4)cc1B3c1cc(-c3cc(C(C)(C)C)cc(C(C)(C)C)c3)ccc1S2. The van der Waals surface area contributed by atoms with E-state index in [2.05, 4.69) is 351 Å². The molecular formula is C88H87B5N2S. The van der Waals surface area contributed by atoms with Crippen molar-refractivity contribution in [3.63, 3.8) is 0 Å². The van der Waals surface area contributed by atoms with E-state index in [1.165, 1.54) is 175 Å². The monoisotopic (exact) mass is 1260 g/mol. The number of aromatic nitrogens is 1. The molecule has 0 spiro atoms. The van der Waals surface area contributed by atoms with Crippen molar-refractivity contribution in [3.8, 4) is 50.2 Å². The zero-order valence-corrected chi connectivity index (χ0v) is 60.8. The van der Waals surface area contributed by atoms with Gasteiger partial charge in [0.15, 0.2) is 0 Å². The van der Waals surface area contributed by atoms with Crippen LogP contribution in [0.5, 0.6) is 0 Å². The molecule has 0 saturated carbocycles. The van der Waals surface area contributed by atoms with E-state index >= 15 is 0 Å². The third kappa shape index (κ3) is 10.5. The van der Waals surface area contributed by atoms with Gasteiger partial charge in [-0.05, 0) is 157 Å². The van der Waals surface area contributed by atoms with Gasteiger partial charge in [0.1, 0.15) is 31.4 Å². The Bertz CT molecular complexity index is 5250. The Morgan fingerprint density at radius 3 is 1.34 bits per heavy atom. The van der Waals surface area contributed by atoms with Crippen LogP contribution < -0.4 is 43.1 Å². The van der Waals surface area contributed by atoms with Crippen LogP contribution >= 0.6 is 11.8 Å². The molecule has 0 amide bonds. The molecule has 12 aromatic carbocycles. The molecule has 0 N–H and O–H groups in total. The Hall–Kier alpha value is -8.57. The van der Waals surface area contributed by atoms with Gasteiger partial charge in [0.05, 0.1) is 11.2 Å². The van der Waals surface area contributed by atoms with Gasteiger partial charge in [0.25, 0.3) is 0 Å². The van der Waals surface area contributed by atoms with Crippen LogP contribution in [-0.2, 0) is 27.1 Å². The van der Waals surface area contributed by atoms with Gasteiger partial charge in [-0.3, -0.25) is 0 Å². The summed E-state index contributed by atoms with van der Waals surface area (Å²) in [5.74, 6) is 0. The molecule has 0 radical (unpaired) electrons. The van der Waals surface area contributed by atoms with Crippen molar-refractivity contribution >= 4 is 149 Å². The van der Waals surface area contributed by atoms with Crippen molar-refractivity contribution in [2.24, 2.45) is 0 Å². The first kappa shape index (κ1) is 63.5. The van der Waals surface area contributed by atoms with Crippen LogP contribution in [0.25, 0.3) is 93.5 Å². The Kier molecular flexibility index (Phi) is 14.9. The van der Waals surface area contributed by atoms with E-state index in [0.717, 1.165) is 11.4 Å². The summed E-state index contributed by atoms with van der Waals surface area (Å²) in [5, 5.41) is 7.54. The predicted octanol–water partition coefficient (Wildman–Crippen LogP) is 16.0. The summed E-state index contributed by atoms with van der Waals surface area (Å²) in [4.78, 5) is 5.31. The molecule has 2 nitrogen and oxygen atoms in total. The van der Waals surface area contributed by atoms with Gasteiger partial charge in [0, 0.05) is 54.3 Å². The quantitative estimate of drug-likeness (QED) is 0.153. The fourth-order valence-corrected chi connectivity index (χ4v) is 16.8. The van der Waals surface area contributed by atoms with Crippen LogP contribution in [0.4, 0.5) is 17.1 Å². The second-order valence-corrected chi connectivity index (χ2v) is 34.3. The average molecular weight is 1260 g/mol. The average Bonchev–Trinajstić information content (AvgIpc) is 0.769. The second-order valence-electron chi connectivity index (χ2n) is 33.2. The zero-order valence-electron chi connectivity index (χ0n) is 60.0. The van der Waals surface area contributed by atoms with E-state index in [4.69, 9.17) is 0 Å². The summed E-state index contributed by atoms with van der Waals surface area (Å²) in [6.07, 6.45) is 0. The van der Waals surface area contributed by atoms with Gasteiger partial charge >= 0.3 is 0 Å². The molecule has 0 atom stereocenters. The Morgan fingerprint density at radius 2 is 0.812 bits per heavy atom. The molecule has 2 aliphatic heterocycles. The normalized spacial score (nSPS) is 13.4. The highest BCUT2D eigenvalue weighted by molar-refractivity contribution is 8.00. The fraction of sp³-hybridized carbons (Fsp3) is 0.227. The van der Waals surface area contributed by atoms with Gasteiger partial charge in [-0.1, -0.05) is 307 Å². The number of hydrogen-bond acceptors (Lipinski definition) is 2. The molecular weight excluding hydrogens is 1170 g/mol. The van der Waals surface area contributed by atoms with Crippen LogP contribution in [0.1, 0.15) is 132 Å². The smallest absolute Gasteiger partial charge is 0.249 e. The van der Waals surface area contributed by atoms with Crippen molar-refractivity contribution in [2.45, 2.75) is 141 Å².